The van der Waals surface area contributed by atoms with Crippen LogP contribution in [0.3, 0.4) is 0 Å². The minimum absolute atomic E-state index is 0.0605. The summed E-state index contributed by atoms with van der Waals surface area (Å²) in [5.74, 6) is 0.292. The van der Waals surface area contributed by atoms with Crippen molar-refractivity contribution in [1.82, 2.24) is 5.32 Å². The molecule has 1 heterocycles. The number of carbonyl (C=O) groups is 1. The molecular weight excluding hydrogens is 281 g/mol. The molecule has 0 spiro atoms. The zero-order valence-electron chi connectivity index (χ0n) is 12.0. The molecule has 0 saturated heterocycles. The monoisotopic (exact) mass is 297 g/mol. The van der Waals surface area contributed by atoms with Crippen LogP contribution in [0.15, 0.2) is 54.6 Å². The Bertz CT molecular complexity index is 712. The first kappa shape index (κ1) is 14.3. The molecule has 1 atom stereocenters. The van der Waals surface area contributed by atoms with E-state index < -0.39 is 0 Å². The molecule has 0 unspecified atom stereocenters. The van der Waals surface area contributed by atoms with Crippen molar-refractivity contribution in [2.75, 3.05) is 6.61 Å². The number of rotatable bonds is 3. The minimum Gasteiger partial charge on any atom is -0.493 e. The van der Waals surface area contributed by atoms with Gasteiger partial charge in [-0.05, 0) is 29.8 Å². The van der Waals surface area contributed by atoms with Gasteiger partial charge in [-0.15, -0.1) is 0 Å². The minimum atomic E-state index is -0.319. The molecule has 0 aromatic heterocycles. The zero-order valence-corrected chi connectivity index (χ0v) is 12.0. The lowest BCUT2D eigenvalue weighted by molar-refractivity contribution is -0.117. The van der Waals surface area contributed by atoms with E-state index in [-0.39, 0.29) is 17.8 Å². The van der Waals surface area contributed by atoms with E-state index in [4.69, 9.17) is 4.74 Å². The van der Waals surface area contributed by atoms with E-state index in [0.717, 1.165) is 17.7 Å². The highest BCUT2D eigenvalue weighted by Gasteiger charge is 2.21. The summed E-state index contributed by atoms with van der Waals surface area (Å²) in [6.07, 6.45) is 3.76. The summed E-state index contributed by atoms with van der Waals surface area (Å²) in [5.41, 5.74) is 1.64. The number of hydrogen-bond acceptors (Lipinski definition) is 2. The van der Waals surface area contributed by atoms with Crippen LogP contribution >= 0.6 is 0 Å². The molecule has 2 aromatic carbocycles. The van der Waals surface area contributed by atoms with Crippen LogP contribution in [0.4, 0.5) is 4.39 Å². The second-order valence-corrected chi connectivity index (χ2v) is 5.12. The van der Waals surface area contributed by atoms with E-state index >= 15 is 0 Å². The highest BCUT2D eigenvalue weighted by molar-refractivity contribution is 5.92. The van der Waals surface area contributed by atoms with E-state index in [9.17, 15) is 9.18 Å². The molecule has 3 rings (SSSR count). The van der Waals surface area contributed by atoms with Crippen molar-refractivity contribution in [2.45, 2.75) is 12.5 Å². The predicted molar refractivity (Wildman–Crippen MR) is 82.9 cm³/mol. The molecule has 2 aromatic rings. The Morgan fingerprint density at radius 2 is 2.09 bits per heavy atom. The van der Waals surface area contributed by atoms with Gasteiger partial charge in [0.1, 0.15) is 11.6 Å². The Kier molecular flexibility index (Phi) is 4.19. The second kappa shape index (κ2) is 6.43. The van der Waals surface area contributed by atoms with E-state index in [1.165, 1.54) is 18.2 Å². The number of carbonyl (C=O) groups excluding carboxylic acids is 1. The Labute approximate surface area is 128 Å². The van der Waals surface area contributed by atoms with Crippen molar-refractivity contribution in [3.63, 3.8) is 0 Å². The van der Waals surface area contributed by atoms with Gasteiger partial charge in [0.25, 0.3) is 0 Å². The maximum absolute atomic E-state index is 13.1. The van der Waals surface area contributed by atoms with Crippen molar-refractivity contribution < 1.29 is 13.9 Å². The van der Waals surface area contributed by atoms with Gasteiger partial charge in [-0.1, -0.05) is 30.3 Å². The molecule has 1 aliphatic heterocycles. The highest BCUT2D eigenvalue weighted by atomic mass is 19.1. The lowest BCUT2D eigenvalue weighted by Crippen LogP contribution is -2.30. The molecule has 0 bridgehead atoms. The van der Waals surface area contributed by atoms with Gasteiger partial charge in [0.2, 0.25) is 5.91 Å². The maximum atomic E-state index is 13.1. The van der Waals surface area contributed by atoms with Gasteiger partial charge >= 0.3 is 0 Å². The van der Waals surface area contributed by atoms with Gasteiger partial charge in [0, 0.05) is 18.1 Å². The summed E-state index contributed by atoms with van der Waals surface area (Å²) in [5, 5.41) is 2.96. The predicted octanol–water partition coefficient (Wildman–Crippen LogP) is 3.48. The summed E-state index contributed by atoms with van der Waals surface area (Å²) in [4.78, 5) is 12.0. The Hall–Kier alpha value is -2.62. The first-order valence-electron chi connectivity index (χ1n) is 7.18. The number of benzene rings is 2. The van der Waals surface area contributed by atoms with Crippen molar-refractivity contribution >= 4 is 12.0 Å². The molecule has 3 nitrogen and oxygen atoms in total. The van der Waals surface area contributed by atoms with Crippen LogP contribution in [0.5, 0.6) is 5.75 Å². The molecule has 22 heavy (non-hydrogen) atoms. The molecule has 4 heteroatoms. The fourth-order valence-corrected chi connectivity index (χ4v) is 2.49. The Morgan fingerprint density at radius 1 is 1.23 bits per heavy atom. The van der Waals surface area contributed by atoms with Crippen molar-refractivity contribution in [2.24, 2.45) is 0 Å². The maximum Gasteiger partial charge on any atom is 0.244 e. The fraction of sp³-hybridized carbons (Fsp3) is 0.167. The molecule has 0 aliphatic carbocycles. The van der Waals surface area contributed by atoms with E-state index in [2.05, 4.69) is 5.32 Å². The first-order chi connectivity index (χ1) is 10.7. The molecule has 1 aliphatic rings. The van der Waals surface area contributed by atoms with Gasteiger partial charge in [-0.3, -0.25) is 4.79 Å². The third kappa shape index (κ3) is 3.34. The van der Waals surface area contributed by atoms with Crippen molar-refractivity contribution in [3.8, 4) is 5.75 Å². The van der Waals surface area contributed by atoms with Crippen LogP contribution in [-0.2, 0) is 4.79 Å². The molecule has 112 valence electrons. The average Bonchev–Trinajstić information content (AvgIpc) is 2.53. The molecule has 0 saturated carbocycles. The second-order valence-electron chi connectivity index (χ2n) is 5.12. The van der Waals surface area contributed by atoms with Gasteiger partial charge in [0.05, 0.1) is 12.6 Å². The van der Waals surface area contributed by atoms with E-state index in [1.807, 2.05) is 24.3 Å². The Morgan fingerprint density at radius 3 is 2.95 bits per heavy atom. The molecule has 1 amide bonds. The van der Waals surface area contributed by atoms with Crippen LogP contribution in [0.25, 0.3) is 6.08 Å². The van der Waals surface area contributed by atoms with Crippen LogP contribution < -0.4 is 10.1 Å². The van der Waals surface area contributed by atoms with Crippen LogP contribution in [0, 0.1) is 5.82 Å². The first-order valence-corrected chi connectivity index (χ1v) is 7.18. The van der Waals surface area contributed by atoms with Gasteiger partial charge < -0.3 is 10.1 Å². The number of nitrogens with one attached hydrogen (secondary N) is 1. The third-order valence-corrected chi connectivity index (χ3v) is 3.55. The fourth-order valence-electron chi connectivity index (χ4n) is 2.49. The molecule has 1 N–H and O–H groups in total. The third-order valence-electron chi connectivity index (χ3n) is 3.55. The number of fused-ring (bicyclic) bond motifs is 1. The average molecular weight is 297 g/mol. The van der Waals surface area contributed by atoms with Crippen LogP contribution in [0.1, 0.15) is 23.6 Å². The van der Waals surface area contributed by atoms with Crippen LogP contribution in [-0.4, -0.2) is 12.5 Å². The normalized spacial score (nSPS) is 16.9. The molecular formula is C18H16FNO2. The van der Waals surface area contributed by atoms with Crippen molar-refractivity contribution in [3.05, 3.63) is 71.6 Å². The Balaban J connectivity index is 1.68. The number of para-hydroxylation sites is 1. The lowest BCUT2D eigenvalue weighted by atomic mass is 10.0. The van der Waals surface area contributed by atoms with Crippen molar-refractivity contribution in [1.29, 1.82) is 0 Å². The molecule has 0 fully saturated rings. The summed E-state index contributed by atoms with van der Waals surface area (Å²) in [6.45, 7) is 0.579. The van der Waals surface area contributed by atoms with E-state index in [1.54, 1.807) is 18.2 Å². The van der Waals surface area contributed by atoms with Gasteiger partial charge in [-0.25, -0.2) is 4.39 Å². The topological polar surface area (TPSA) is 38.3 Å². The van der Waals surface area contributed by atoms with Crippen LogP contribution in [0.2, 0.25) is 0 Å². The quantitative estimate of drug-likeness (QED) is 0.881. The number of amides is 1. The zero-order chi connectivity index (χ0) is 15.4. The van der Waals surface area contributed by atoms with Gasteiger partial charge in [-0.2, -0.15) is 0 Å². The standard InChI is InChI=1S/C18H16FNO2/c19-14-5-3-4-13(12-14)8-9-18(21)20-16-10-11-22-17-7-2-1-6-15(16)17/h1-9,12,16H,10-11H2,(H,20,21)/b9-8+/t16-/m0/s1. The smallest absolute Gasteiger partial charge is 0.244 e. The molecule has 0 radical (unpaired) electrons. The number of halogens is 1. The SMILES string of the molecule is O=C(/C=C/c1cccc(F)c1)N[C@H]1CCOc2ccccc21. The largest absolute Gasteiger partial charge is 0.493 e. The lowest BCUT2D eigenvalue weighted by Gasteiger charge is -2.26. The summed E-state index contributed by atoms with van der Waals surface area (Å²) in [7, 11) is 0. The number of ether oxygens (including phenoxy) is 1. The summed E-state index contributed by atoms with van der Waals surface area (Å²) >= 11 is 0. The summed E-state index contributed by atoms with van der Waals surface area (Å²) < 4.78 is 18.6. The number of hydrogen-bond donors (Lipinski definition) is 1. The highest BCUT2D eigenvalue weighted by Crippen LogP contribution is 2.31. The summed E-state index contributed by atoms with van der Waals surface area (Å²) in [6, 6.07) is 13.7. The van der Waals surface area contributed by atoms with Gasteiger partial charge in [0.15, 0.2) is 0 Å². The van der Waals surface area contributed by atoms with E-state index in [0.29, 0.717) is 12.2 Å².